The van der Waals surface area contributed by atoms with Crippen molar-refractivity contribution in [3.05, 3.63) is 59.8 Å². The molecule has 0 spiro atoms. The Morgan fingerprint density at radius 3 is 2.00 bits per heavy atom. The van der Waals surface area contributed by atoms with Gasteiger partial charge in [0.05, 0.1) is 25.5 Å². The van der Waals surface area contributed by atoms with Crippen LogP contribution in [-0.2, 0) is 9.59 Å². The van der Waals surface area contributed by atoms with Crippen LogP contribution in [0.3, 0.4) is 0 Å². The summed E-state index contributed by atoms with van der Waals surface area (Å²) in [4.78, 5) is 30.3. The Morgan fingerprint density at radius 2 is 1.41 bits per heavy atom. The van der Waals surface area contributed by atoms with E-state index in [0.29, 0.717) is 28.5 Å². The molecule has 2 aliphatic heterocycles. The average Bonchev–Trinajstić information content (AvgIpc) is 3.04. The Hall–Kier alpha value is -3.28. The van der Waals surface area contributed by atoms with Crippen LogP contribution in [0.1, 0.15) is 24.8 Å². The van der Waals surface area contributed by atoms with Crippen LogP contribution in [0, 0.1) is 0 Å². The Morgan fingerprint density at radius 1 is 0.793 bits per heavy atom. The fourth-order valence-electron chi connectivity index (χ4n) is 3.95. The van der Waals surface area contributed by atoms with E-state index in [1.165, 1.54) is 4.90 Å². The third-order valence-electron chi connectivity index (χ3n) is 5.39. The van der Waals surface area contributed by atoms with Crippen molar-refractivity contribution < 1.29 is 19.1 Å². The Labute approximate surface area is 170 Å². The predicted octanol–water partition coefficient (Wildman–Crippen LogP) is 3.47. The van der Waals surface area contributed by atoms with Crippen LogP contribution >= 0.6 is 0 Å². The van der Waals surface area contributed by atoms with Gasteiger partial charge in [-0.05, 0) is 24.8 Å². The van der Waals surface area contributed by atoms with Crippen molar-refractivity contribution in [3.8, 4) is 11.5 Å². The van der Waals surface area contributed by atoms with Crippen molar-refractivity contribution in [2.45, 2.75) is 19.3 Å². The number of anilines is 1. The number of ether oxygens (including phenoxy) is 2. The molecule has 0 aromatic heterocycles. The number of likely N-dealkylation sites (tertiary alicyclic amines) is 1. The van der Waals surface area contributed by atoms with E-state index < -0.39 is 0 Å². The van der Waals surface area contributed by atoms with Crippen molar-refractivity contribution in [2.24, 2.45) is 0 Å². The number of nitrogens with zero attached hydrogens (tertiary/aromatic N) is 2. The topological polar surface area (TPSA) is 59.1 Å². The van der Waals surface area contributed by atoms with Gasteiger partial charge in [0, 0.05) is 31.3 Å². The van der Waals surface area contributed by atoms with Crippen molar-refractivity contribution in [1.82, 2.24) is 4.90 Å². The number of rotatable bonds is 5. The minimum atomic E-state index is -0.322. The second-order valence-electron chi connectivity index (χ2n) is 7.15. The first kappa shape index (κ1) is 19.1. The summed E-state index contributed by atoms with van der Waals surface area (Å²) in [5.74, 6) is 0.420. The minimum Gasteiger partial charge on any atom is -0.497 e. The SMILES string of the molecule is COc1cc(OC)cc(N2C(=O)C(c3ccccc3)=C(N3CCCCC3)C2=O)c1. The van der Waals surface area contributed by atoms with E-state index in [0.717, 1.165) is 37.9 Å². The maximum atomic E-state index is 13.5. The molecule has 0 aliphatic carbocycles. The summed E-state index contributed by atoms with van der Waals surface area (Å²) in [6.45, 7) is 1.56. The molecule has 0 atom stereocenters. The van der Waals surface area contributed by atoms with E-state index in [2.05, 4.69) is 4.90 Å². The van der Waals surface area contributed by atoms with Gasteiger partial charge in [0.2, 0.25) is 0 Å². The number of imide groups is 1. The van der Waals surface area contributed by atoms with Crippen LogP contribution in [-0.4, -0.2) is 44.0 Å². The van der Waals surface area contributed by atoms with Gasteiger partial charge in [-0.2, -0.15) is 0 Å². The zero-order valence-electron chi connectivity index (χ0n) is 16.7. The molecule has 2 amide bonds. The van der Waals surface area contributed by atoms with E-state index in [-0.39, 0.29) is 11.8 Å². The van der Waals surface area contributed by atoms with E-state index in [1.807, 2.05) is 30.3 Å². The second kappa shape index (κ2) is 7.99. The summed E-state index contributed by atoms with van der Waals surface area (Å²) in [5.41, 5.74) is 2.14. The zero-order valence-corrected chi connectivity index (χ0v) is 16.7. The van der Waals surface area contributed by atoms with Gasteiger partial charge >= 0.3 is 0 Å². The molecule has 6 heteroatoms. The standard InChI is InChI=1S/C23H24N2O4/c1-28-18-13-17(14-19(15-18)29-2)25-22(26)20(16-9-5-3-6-10-16)21(23(25)27)24-11-7-4-8-12-24/h3,5-6,9-10,13-15H,4,7-8,11-12H2,1-2H3. The lowest BCUT2D eigenvalue weighted by Gasteiger charge is -2.29. The monoisotopic (exact) mass is 392 g/mol. The molecule has 0 bridgehead atoms. The van der Waals surface area contributed by atoms with Gasteiger partial charge in [-0.25, -0.2) is 4.90 Å². The summed E-state index contributed by atoms with van der Waals surface area (Å²) in [5, 5.41) is 0. The summed E-state index contributed by atoms with van der Waals surface area (Å²) >= 11 is 0. The molecule has 0 unspecified atom stereocenters. The van der Waals surface area contributed by atoms with Gasteiger partial charge in [-0.1, -0.05) is 30.3 Å². The third-order valence-corrected chi connectivity index (χ3v) is 5.39. The molecule has 4 rings (SSSR count). The molecule has 2 aromatic carbocycles. The number of amides is 2. The van der Waals surface area contributed by atoms with Gasteiger partial charge in [0.25, 0.3) is 11.8 Å². The fraction of sp³-hybridized carbons (Fsp3) is 0.304. The average molecular weight is 392 g/mol. The highest BCUT2D eigenvalue weighted by Crippen LogP contribution is 2.38. The maximum Gasteiger partial charge on any atom is 0.282 e. The first-order chi connectivity index (χ1) is 14.1. The van der Waals surface area contributed by atoms with Gasteiger partial charge in [-0.15, -0.1) is 0 Å². The van der Waals surface area contributed by atoms with Crippen molar-refractivity contribution in [3.63, 3.8) is 0 Å². The summed E-state index contributed by atoms with van der Waals surface area (Å²) < 4.78 is 10.7. The van der Waals surface area contributed by atoms with Gasteiger partial charge in [0.15, 0.2) is 0 Å². The van der Waals surface area contributed by atoms with Gasteiger partial charge in [-0.3, -0.25) is 9.59 Å². The molecule has 2 aromatic rings. The second-order valence-corrected chi connectivity index (χ2v) is 7.15. The molecule has 1 fully saturated rings. The molecule has 29 heavy (non-hydrogen) atoms. The van der Waals surface area contributed by atoms with Crippen LogP contribution in [0.5, 0.6) is 11.5 Å². The lowest BCUT2D eigenvalue weighted by atomic mass is 10.0. The largest absolute Gasteiger partial charge is 0.497 e. The van der Waals surface area contributed by atoms with Crippen LogP contribution in [0.2, 0.25) is 0 Å². The number of carbonyl (C=O) groups is 2. The van der Waals surface area contributed by atoms with Crippen LogP contribution < -0.4 is 14.4 Å². The molecule has 6 nitrogen and oxygen atoms in total. The van der Waals surface area contributed by atoms with E-state index in [1.54, 1.807) is 32.4 Å². The molecule has 2 aliphatic rings. The smallest absolute Gasteiger partial charge is 0.282 e. The zero-order chi connectivity index (χ0) is 20.4. The fourth-order valence-corrected chi connectivity index (χ4v) is 3.95. The Balaban J connectivity index is 1.82. The predicted molar refractivity (Wildman–Crippen MR) is 111 cm³/mol. The molecular formula is C23H24N2O4. The van der Waals surface area contributed by atoms with Gasteiger partial charge in [0.1, 0.15) is 17.2 Å². The van der Waals surface area contributed by atoms with Crippen LogP contribution in [0.15, 0.2) is 54.2 Å². The number of benzene rings is 2. The lowest BCUT2D eigenvalue weighted by Crippen LogP contribution is -2.37. The molecular weight excluding hydrogens is 368 g/mol. The third kappa shape index (κ3) is 3.46. The maximum absolute atomic E-state index is 13.5. The van der Waals surface area contributed by atoms with Crippen molar-refractivity contribution >= 4 is 23.1 Å². The highest BCUT2D eigenvalue weighted by Gasteiger charge is 2.42. The molecule has 0 radical (unpaired) electrons. The molecule has 2 heterocycles. The quantitative estimate of drug-likeness (QED) is 0.729. The van der Waals surface area contributed by atoms with Crippen LogP contribution in [0.25, 0.3) is 5.57 Å². The molecule has 1 saturated heterocycles. The first-order valence-electron chi connectivity index (χ1n) is 9.80. The number of hydrogen-bond acceptors (Lipinski definition) is 5. The van der Waals surface area contributed by atoms with Gasteiger partial charge < -0.3 is 14.4 Å². The molecule has 150 valence electrons. The summed E-state index contributed by atoms with van der Waals surface area (Å²) in [7, 11) is 3.08. The molecule has 0 saturated carbocycles. The van der Waals surface area contributed by atoms with E-state index >= 15 is 0 Å². The minimum absolute atomic E-state index is 0.300. The number of piperidine rings is 1. The summed E-state index contributed by atoms with van der Waals surface area (Å²) in [6, 6.07) is 14.5. The summed E-state index contributed by atoms with van der Waals surface area (Å²) in [6.07, 6.45) is 3.17. The lowest BCUT2D eigenvalue weighted by molar-refractivity contribution is -0.120. The van der Waals surface area contributed by atoms with E-state index in [9.17, 15) is 9.59 Å². The van der Waals surface area contributed by atoms with Crippen molar-refractivity contribution in [1.29, 1.82) is 0 Å². The first-order valence-corrected chi connectivity index (χ1v) is 9.80. The highest BCUT2D eigenvalue weighted by molar-refractivity contribution is 6.45. The van der Waals surface area contributed by atoms with Crippen LogP contribution in [0.4, 0.5) is 5.69 Å². The van der Waals surface area contributed by atoms with E-state index in [4.69, 9.17) is 9.47 Å². The number of methoxy groups -OCH3 is 2. The Kier molecular flexibility index (Phi) is 5.25. The van der Waals surface area contributed by atoms with Crippen molar-refractivity contribution in [2.75, 3.05) is 32.2 Å². The number of hydrogen-bond donors (Lipinski definition) is 0. The normalized spacial score (nSPS) is 17.2. The number of carbonyl (C=O) groups excluding carboxylic acids is 2. The molecule has 0 N–H and O–H groups in total. The highest BCUT2D eigenvalue weighted by atomic mass is 16.5. The Bertz CT molecular complexity index is 940.